The van der Waals surface area contributed by atoms with E-state index >= 15 is 0 Å². The molecule has 1 fully saturated rings. The van der Waals surface area contributed by atoms with Crippen molar-refractivity contribution in [3.63, 3.8) is 0 Å². The normalized spacial score (nSPS) is 20.5. The molecule has 6 heteroatoms. The fourth-order valence-corrected chi connectivity index (χ4v) is 1.01. The molecule has 0 bridgehead atoms. The summed E-state index contributed by atoms with van der Waals surface area (Å²) in [6.45, 7) is 0.929. The molecule has 64 valence electrons. The minimum Gasteiger partial charge on any atom is -0.380 e. The summed E-state index contributed by atoms with van der Waals surface area (Å²) in [5.41, 5.74) is -0.325. The molecule has 0 aromatic carbocycles. The molecule has 0 aromatic heterocycles. The van der Waals surface area contributed by atoms with E-state index in [0.717, 1.165) is 0 Å². The van der Waals surface area contributed by atoms with Gasteiger partial charge in [0, 0.05) is 5.88 Å². The summed E-state index contributed by atoms with van der Waals surface area (Å²) in [6, 6.07) is 0. The third-order valence-corrected chi connectivity index (χ3v) is 2.14. The maximum absolute atomic E-state index is 9.80. The van der Waals surface area contributed by atoms with E-state index in [2.05, 4.69) is 4.84 Å². The molecular weight excluding hydrogens is 174 g/mol. The van der Waals surface area contributed by atoms with Crippen LogP contribution in [0.1, 0.15) is 0 Å². The van der Waals surface area contributed by atoms with Gasteiger partial charge in [0.2, 0.25) is 0 Å². The first-order valence-electron chi connectivity index (χ1n) is 3.10. The van der Waals surface area contributed by atoms with Crippen molar-refractivity contribution in [1.29, 1.82) is 0 Å². The van der Waals surface area contributed by atoms with Crippen molar-refractivity contribution in [3.8, 4) is 0 Å². The van der Waals surface area contributed by atoms with E-state index < -0.39 is 5.09 Å². The summed E-state index contributed by atoms with van der Waals surface area (Å²) in [5.74, 6) is 0.334. The maximum atomic E-state index is 9.80. The van der Waals surface area contributed by atoms with Crippen molar-refractivity contribution in [3.05, 3.63) is 10.1 Å². The molecule has 0 spiro atoms. The minimum atomic E-state index is -0.813. The highest BCUT2D eigenvalue weighted by Crippen LogP contribution is 2.28. The van der Waals surface area contributed by atoms with Gasteiger partial charge >= 0.3 is 0 Å². The Bertz CT molecular complexity index is 153. The van der Waals surface area contributed by atoms with Crippen LogP contribution in [0.25, 0.3) is 0 Å². The Morgan fingerprint density at radius 1 is 1.73 bits per heavy atom. The zero-order chi connectivity index (χ0) is 8.32. The van der Waals surface area contributed by atoms with Crippen LogP contribution in [0.4, 0.5) is 0 Å². The monoisotopic (exact) mass is 181 g/mol. The summed E-state index contributed by atoms with van der Waals surface area (Å²) in [5, 5.41) is 8.99. The number of rotatable bonds is 4. The first-order valence-corrected chi connectivity index (χ1v) is 3.63. The second-order valence-corrected chi connectivity index (χ2v) is 2.89. The Morgan fingerprint density at radius 2 is 2.36 bits per heavy atom. The predicted molar refractivity (Wildman–Crippen MR) is 36.9 cm³/mol. The van der Waals surface area contributed by atoms with Crippen LogP contribution < -0.4 is 0 Å². The maximum Gasteiger partial charge on any atom is 0.294 e. The smallest absolute Gasteiger partial charge is 0.294 e. The van der Waals surface area contributed by atoms with Crippen LogP contribution in [-0.2, 0) is 9.57 Å². The highest BCUT2D eigenvalue weighted by atomic mass is 35.5. The third kappa shape index (κ3) is 1.94. The molecule has 0 aromatic rings. The molecule has 0 unspecified atom stereocenters. The number of hydrogen-bond acceptors (Lipinski definition) is 4. The SMILES string of the molecule is O=[N+]([O-])OCC1(CCl)COC1. The van der Waals surface area contributed by atoms with Crippen LogP contribution in [0.5, 0.6) is 0 Å². The highest BCUT2D eigenvalue weighted by Gasteiger charge is 2.39. The lowest BCUT2D eigenvalue weighted by molar-refractivity contribution is -0.761. The zero-order valence-corrected chi connectivity index (χ0v) is 6.54. The molecule has 1 rings (SSSR count). The summed E-state index contributed by atoms with van der Waals surface area (Å²) in [4.78, 5) is 14.0. The third-order valence-electron chi connectivity index (χ3n) is 1.58. The van der Waals surface area contributed by atoms with E-state index in [1.54, 1.807) is 0 Å². The van der Waals surface area contributed by atoms with E-state index in [9.17, 15) is 10.1 Å². The first kappa shape index (κ1) is 8.55. The first-order chi connectivity index (χ1) is 5.18. The van der Waals surface area contributed by atoms with Gasteiger partial charge < -0.3 is 9.57 Å². The van der Waals surface area contributed by atoms with Crippen molar-refractivity contribution in [2.75, 3.05) is 25.7 Å². The van der Waals surface area contributed by atoms with Crippen molar-refractivity contribution >= 4 is 11.6 Å². The number of alkyl halides is 1. The van der Waals surface area contributed by atoms with Crippen molar-refractivity contribution in [2.24, 2.45) is 5.41 Å². The molecule has 1 heterocycles. The zero-order valence-electron chi connectivity index (χ0n) is 5.79. The van der Waals surface area contributed by atoms with Gasteiger partial charge in [0.05, 0.1) is 18.6 Å². The molecule has 0 atom stereocenters. The molecule has 1 aliphatic heterocycles. The molecule has 1 saturated heterocycles. The quantitative estimate of drug-likeness (QED) is 0.359. The lowest BCUT2D eigenvalue weighted by atomic mass is 9.90. The van der Waals surface area contributed by atoms with Crippen molar-refractivity contribution in [2.45, 2.75) is 0 Å². The number of ether oxygens (including phenoxy) is 1. The summed E-state index contributed by atoms with van der Waals surface area (Å²) < 4.78 is 4.87. The Labute approximate surface area is 68.3 Å². The largest absolute Gasteiger partial charge is 0.380 e. The second kappa shape index (κ2) is 3.23. The average molecular weight is 182 g/mol. The van der Waals surface area contributed by atoms with Gasteiger partial charge in [0.1, 0.15) is 6.61 Å². The van der Waals surface area contributed by atoms with Gasteiger partial charge in [0.15, 0.2) is 0 Å². The van der Waals surface area contributed by atoms with Crippen LogP contribution >= 0.6 is 11.6 Å². The number of halogens is 1. The summed E-state index contributed by atoms with van der Waals surface area (Å²) in [7, 11) is 0. The number of hydrogen-bond donors (Lipinski definition) is 0. The lowest BCUT2D eigenvalue weighted by Gasteiger charge is -2.38. The van der Waals surface area contributed by atoms with Gasteiger partial charge in [-0.2, -0.15) is 0 Å². The van der Waals surface area contributed by atoms with Crippen molar-refractivity contribution < 1.29 is 14.7 Å². The van der Waals surface area contributed by atoms with E-state index in [-0.39, 0.29) is 12.0 Å². The minimum absolute atomic E-state index is 0.0312. The van der Waals surface area contributed by atoms with E-state index in [4.69, 9.17) is 16.3 Å². The Balaban J connectivity index is 2.27. The molecule has 11 heavy (non-hydrogen) atoms. The molecule has 0 aliphatic carbocycles. The highest BCUT2D eigenvalue weighted by molar-refractivity contribution is 6.18. The Kier molecular flexibility index (Phi) is 2.51. The van der Waals surface area contributed by atoms with Crippen molar-refractivity contribution in [1.82, 2.24) is 0 Å². The van der Waals surface area contributed by atoms with Gasteiger partial charge in [-0.15, -0.1) is 21.7 Å². The predicted octanol–water partition coefficient (Wildman–Crippen LogP) is 0.450. The van der Waals surface area contributed by atoms with Crippen LogP contribution in [0.15, 0.2) is 0 Å². The van der Waals surface area contributed by atoms with Crippen LogP contribution in [0, 0.1) is 15.5 Å². The van der Waals surface area contributed by atoms with Gasteiger partial charge in [-0.25, -0.2) is 0 Å². The molecule has 0 amide bonds. The summed E-state index contributed by atoms with van der Waals surface area (Å²) in [6.07, 6.45) is 0. The fourth-order valence-electron chi connectivity index (χ4n) is 0.779. The average Bonchev–Trinajstić information content (AvgIpc) is 1.86. The Morgan fingerprint density at radius 3 is 2.64 bits per heavy atom. The van der Waals surface area contributed by atoms with E-state index in [0.29, 0.717) is 19.1 Å². The van der Waals surface area contributed by atoms with E-state index in [1.165, 1.54) is 0 Å². The van der Waals surface area contributed by atoms with Gasteiger partial charge in [0.25, 0.3) is 5.09 Å². The standard InChI is InChI=1S/C5H8ClNO4/c6-1-5(2-10-3-5)4-11-7(8)9/h1-4H2. The summed E-state index contributed by atoms with van der Waals surface area (Å²) >= 11 is 5.56. The molecule has 0 N–H and O–H groups in total. The van der Waals surface area contributed by atoms with E-state index in [1.807, 2.05) is 0 Å². The van der Waals surface area contributed by atoms with Crippen LogP contribution in [0.3, 0.4) is 0 Å². The molecule has 5 nitrogen and oxygen atoms in total. The van der Waals surface area contributed by atoms with Gasteiger partial charge in [-0.1, -0.05) is 0 Å². The lowest BCUT2D eigenvalue weighted by Crippen LogP contribution is -2.48. The topological polar surface area (TPSA) is 61.6 Å². The Hall–Kier alpha value is -0.550. The molecule has 0 radical (unpaired) electrons. The van der Waals surface area contributed by atoms with Crippen LogP contribution in [-0.4, -0.2) is 30.8 Å². The van der Waals surface area contributed by atoms with Gasteiger partial charge in [-0.05, 0) is 0 Å². The second-order valence-electron chi connectivity index (χ2n) is 2.62. The molecular formula is C5H8ClNO4. The molecule has 0 saturated carbocycles. The van der Waals surface area contributed by atoms with Gasteiger partial charge in [-0.3, -0.25) is 0 Å². The molecule has 1 aliphatic rings. The van der Waals surface area contributed by atoms with Crippen LogP contribution in [0.2, 0.25) is 0 Å². The fraction of sp³-hybridized carbons (Fsp3) is 1.00. The number of nitrogens with zero attached hydrogens (tertiary/aromatic N) is 1.